The van der Waals surface area contributed by atoms with Crippen molar-refractivity contribution in [1.29, 1.82) is 0 Å². The van der Waals surface area contributed by atoms with Crippen LogP contribution in [-0.2, 0) is 11.3 Å². The molecule has 94 valence electrons. The Morgan fingerprint density at radius 3 is 2.82 bits per heavy atom. The van der Waals surface area contributed by atoms with Crippen molar-refractivity contribution in [2.24, 2.45) is 5.92 Å². The second-order valence-electron chi connectivity index (χ2n) is 4.64. The van der Waals surface area contributed by atoms with Gasteiger partial charge in [-0.15, -0.1) is 0 Å². The van der Waals surface area contributed by atoms with Crippen molar-refractivity contribution in [1.82, 2.24) is 0 Å². The zero-order valence-corrected chi connectivity index (χ0v) is 10.3. The fourth-order valence-electron chi connectivity index (χ4n) is 2.09. The first kappa shape index (κ1) is 12.4. The number of hydrogen-bond acceptors (Lipinski definition) is 3. The number of ether oxygens (including phenoxy) is 2. The molecule has 1 fully saturated rings. The number of benzene rings is 1. The van der Waals surface area contributed by atoms with E-state index in [1.165, 1.54) is 0 Å². The third-order valence-electron chi connectivity index (χ3n) is 3.20. The van der Waals surface area contributed by atoms with E-state index >= 15 is 0 Å². The molecule has 0 atom stereocenters. The van der Waals surface area contributed by atoms with E-state index in [9.17, 15) is 5.11 Å². The molecule has 17 heavy (non-hydrogen) atoms. The lowest BCUT2D eigenvalue weighted by Crippen LogP contribution is -2.21. The summed E-state index contributed by atoms with van der Waals surface area (Å²) in [6, 6.07) is 5.93. The zero-order valence-electron chi connectivity index (χ0n) is 10.3. The number of aliphatic hydroxyl groups excluding tert-OH is 1. The number of hydrogen-bond donors (Lipinski definition) is 1. The van der Waals surface area contributed by atoms with Crippen molar-refractivity contribution in [3.8, 4) is 5.75 Å². The first-order chi connectivity index (χ1) is 8.29. The van der Waals surface area contributed by atoms with Crippen molar-refractivity contribution in [3.63, 3.8) is 0 Å². The van der Waals surface area contributed by atoms with Crippen LogP contribution in [0.1, 0.15) is 24.0 Å². The lowest BCUT2D eigenvalue weighted by atomic mass is 10.0. The maximum Gasteiger partial charge on any atom is 0.124 e. The van der Waals surface area contributed by atoms with Crippen LogP contribution in [0.5, 0.6) is 5.75 Å². The summed E-state index contributed by atoms with van der Waals surface area (Å²) in [6.07, 6.45) is 2.14. The molecule has 1 aromatic carbocycles. The van der Waals surface area contributed by atoms with Crippen LogP contribution in [0, 0.1) is 12.8 Å². The van der Waals surface area contributed by atoms with Gasteiger partial charge >= 0.3 is 0 Å². The van der Waals surface area contributed by atoms with Crippen LogP contribution in [0.2, 0.25) is 0 Å². The Morgan fingerprint density at radius 1 is 1.35 bits per heavy atom. The first-order valence-corrected chi connectivity index (χ1v) is 6.20. The third kappa shape index (κ3) is 3.45. The average molecular weight is 236 g/mol. The fourth-order valence-corrected chi connectivity index (χ4v) is 2.09. The van der Waals surface area contributed by atoms with E-state index in [1.807, 2.05) is 25.1 Å². The van der Waals surface area contributed by atoms with Crippen molar-refractivity contribution in [2.45, 2.75) is 26.4 Å². The first-order valence-electron chi connectivity index (χ1n) is 6.20. The molecular weight excluding hydrogens is 216 g/mol. The molecule has 0 aromatic heterocycles. The second-order valence-corrected chi connectivity index (χ2v) is 4.64. The molecule has 0 bridgehead atoms. The lowest BCUT2D eigenvalue weighted by molar-refractivity contribution is 0.0494. The monoisotopic (exact) mass is 236 g/mol. The van der Waals surface area contributed by atoms with Gasteiger partial charge in [-0.05, 0) is 31.7 Å². The lowest BCUT2D eigenvalue weighted by Gasteiger charge is -2.22. The highest BCUT2D eigenvalue weighted by atomic mass is 16.5. The molecule has 1 aliphatic rings. The Hall–Kier alpha value is -1.06. The second kappa shape index (κ2) is 6.03. The topological polar surface area (TPSA) is 38.7 Å². The van der Waals surface area contributed by atoms with Crippen molar-refractivity contribution in [3.05, 3.63) is 29.3 Å². The minimum atomic E-state index is 0.0325. The van der Waals surface area contributed by atoms with E-state index < -0.39 is 0 Å². The van der Waals surface area contributed by atoms with Crippen LogP contribution in [0.15, 0.2) is 18.2 Å². The Kier molecular flexibility index (Phi) is 4.40. The van der Waals surface area contributed by atoms with Gasteiger partial charge in [0.15, 0.2) is 0 Å². The maximum absolute atomic E-state index is 9.28. The molecule has 0 amide bonds. The highest BCUT2D eigenvalue weighted by Crippen LogP contribution is 2.22. The van der Waals surface area contributed by atoms with E-state index in [4.69, 9.17) is 9.47 Å². The van der Waals surface area contributed by atoms with Crippen LogP contribution < -0.4 is 4.74 Å². The molecule has 1 aliphatic heterocycles. The van der Waals surface area contributed by atoms with Gasteiger partial charge in [0.2, 0.25) is 0 Å². The molecule has 0 saturated carbocycles. The van der Waals surface area contributed by atoms with E-state index in [1.54, 1.807) is 0 Å². The summed E-state index contributed by atoms with van der Waals surface area (Å²) in [7, 11) is 0. The van der Waals surface area contributed by atoms with Crippen LogP contribution in [-0.4, -0.2) is 24.9 Å². The number of aryl methyl sites for hydroxylation is 1. The number of rotatable bonds is 4. The molecule has 0 spiro atoms. The number of aliphatic hydroxyl groups is 1. The van der Waals surface area contributed by atoms with Gasteiger partial charge in [0.1, 0.15) is 5.75 Å². The Bertz CT molecular complexity index is 356. The van der Waals surface area contributed by atoms with E-state index in [0.29, 0.717) is 5.92 Å². The summed E-state index contributed by atoms with van der Waals surface area (Å²) >= 11 is 0. The van der Waals surface area contributed by atoms with Crippen molar-refractivity contribution >= 4 is 0 Å². The fraction of sp³-hybridized carbons (Fsp3) is 0.571. The SMILES string of the molecule is Cc1ccc(OCC2CCOCC2)c(CO)c1. The van der Waals surface area contributed by atoms with Gasteiger partial charge in [-0.25, -0.2) is 0 Å². The third-order valence-corrected chi connectivity index (χ3v) is 3.20. The molecule has 0 radical (unpaired) electrons. The molecule has 0 aliphatic carbocycles. The Balaban J connectivity index is 1.93. The highest BCUT2D eigenvalue weighted by molar-refractivity contribution is 5.36. The van der Waals surface area contributed by atoms with Gasteiger partial charge in [-0.3, -0.25) is 0 Å². The Labute approximate surface area is 102 Å². The quantitative estimate of drug-likeness (QED) is 0.871. The van der Waals surface area contributed by atoms with E-state index in [0.717, 1.165) is 49.5 Å². The summed E-state index contributed by atoms with van der Waals surface area (Å²) < 4.78 is 11.1. The van der Waals surface area contributed by atoms with E-state index in [-0.39, 0.29) is 6.61 Å². The molecule has 0 unspecified atom stereocenters. The van der Waals surface area contributed by atoms with Crippen LogP contribution in [0.25, 0.3) is 0 Å². The highest BCUT2D eigenvalue weighted by Gasteiger charge is 2.15. The van der Waals surface area contributed by atoms with Gasteiger partial charge in [0.25, 0.3) is 0 Å². The standard InChI is InChI=1S/C14H20O3/c1-11-2-3-14(13(8-11)9-15)17-10-12-4-6-16-7-5-12/h2-3,8,12,15H,4-7,9-10H2,1H3. The zero-order chi connectivity index (χ0) is 12.1. The van der Waals surface area contributed by atoms with Crippen molar-refractivity contribution < 1.29 is 14.6 Å². The summed E-state index contributed by atoms with van der Waals surface area (Å²) in [5, 5.41) is 9.28. The molecule has 3 heteroatoms. The van der Waals surface area contributed by atoms with Gasteiger partial charge in [-0.2, -0.15) is 0 Å². The summed E-state index contributed by atoms with van der Waals surface area (Å²) in [4.78, 5) is 0. The minimum absolute atomic E-state index is 0.0325. The van der Waals surface area contributed by atoms with Gasteiger partial charge in [0.05, 0.1) is 13.2 Å². The van der Waals surface area contributed by atoms with Crippen LogP contribution >= 0.6 is 0 Å². The summed E-state index contributed by atoms with van der Waals surface area (Å²) in [5.41, 5.74) is 2.02. The molecule has 1 N–H and O–H groups in total. The molecule has 1 saturated heterocycles. The smallest absolute Gasteiger partial charge is 0.124 e. The largest absolute Gasteiger partial charge is 0.493 e. The molecule has 2 rings (SSSR count). The molecule has 1 aromatic rings. The minimum Gasteiger partial charge on any atom is -0.493 e. The van der Waals surface area contributed by atoms with Crippen LogP contribution in [0.4, 0.5) is 0 Å². The predicted octanol–water partition coefficient (Wildman–Crippen LogP) is 2.29. The molecule has 1 heterocycles. The van der Waals surface area contributed by atoms with Crippen molar-refractivity contribution in [2.75, 3.05) is 19.8 Å². The van der Waals surface area contributed by atoms with E-state index in [2.05, 4.69) is 0 Å². The molecular formula is C14H20O3. The average Bonchev–Trinajstić information content (AvgIpc) is 2.38. The summed E-state index contributed by atoms with van der Waals surface area (Å²) in [5.74, 6) is 1.39. The Morgan fingerprint density at radius 2 is 2.12 bits per heavy atom. The van der Waals surface area contributed by atoms with Gasteiger partial charge in [-0.1, -0.05) is 17.7 Å². The van der Waals surface area contributed by atoms with Crippen LogP contribution in [0.3, 0.4) is 0 Å². The molecule has 3 nitrogen and oxygen atoms in total. The van der Waals surface area contributed by atoms with Gasteiger partial charge < -0.3 is 14.6 Å². The maximum atomic E-state index is 9.28. The summed E-state index contributed by atoms with van der Waals surface area (Å²) in [6.45, 7) is 4.45. The van der Waals surface area contributed by atoms with Gasteiger partial charge in [0, 0.05) is 18.8 Å². The normalized spacial score (nSPS) is 17.1. The predicted molar refractivity (Wildman–Crippen MR) is 66.1 cm³/mol.